The van der Waals surface area contributed by atoms with Crippen molar-refractivity contribution in [1.29, 1.82) is 0 Å². The zero-order valence-corrected chi connectivity index (χ0v) is 21.5. The molecule has 1 fully saturated rings. The van der Waals surface area contributed by atoms with Gasteiger partial charge in [-0.1, -0.05) is 11.6 Å². The zero-order valence-electron chi connectivity index (χ0n) is 20.7. The van der Waals surface area contributed by atoms with Crippen molar-refractivity contribution in [3.05, 3.63) is 58.7 Å². The molecular weight excluding hydrogens is 509 g/mol. The lowest BCUT2D eigenvalue weighted by atomic mass is 10.1. The molecule has 2 N–H and O–H groups in total. The number of ether oxygens (including phenoxy) is 1. The lowest BCUT2D eigenvalue weighted by molar-refractivity contribution is -0.137. The Hall–Kier alpha value is -3.24. The Labute approximate surface area is 217 Å². The molecule has 11 heteroatoms. The topological polar surface area (TPSA) is 77.9 Å². The van der Waals surface area contributed by atoms with Crippen LogP contribution in [0.15, 0.2) is 42.6 Å². The van der Waals surface area contributed by atoms with Crippen molar-refractivity contribution in [2.75, 3.05) is 36.4 Å². The van der Waals surface area contributed by atoms with Crippen LogP contribution in [0.4, 0.5) is 35.0 Å². The number of anilines is 3. The number of fused-ring (bicyclic) bond motifs is 1. The van der Waals surface area contributed by atoms with Crippen LogP contribution in [0.5, 0.6) is 0 Å². The van der Waals surface area contributed by atoms with E-state index in [1.54, 1.807) is 49.9 Å². The van der Waals surface area contributed by atoms with Crippen LogP contribution >= 0.6 is 11.6 Å². The molecule has 4 rings (SSSR count). The number of rotatable bonds is 4. The molecule has 1 saturated heterocycles. The molecule has 0 unspecified atom stereocenters. The highest BCUT2D eigenvalue weighted by Gasteiger charge is 2.36. The summed E-state index contributed by atoms with van der Waals surface area (Å²) in [4.78, 5) is 19.7. The summed E-state index contributed by atoms with van der Waals surface area (Å²) in [7, 11) is 0. The summed E-state index contributed by atoms with van der Waals surface area (Å²) in [5.41, 5.74) is 0.219. The van der Waals surface area contributed by atoms with E-state index in [1.165, 1.54) is 17.2 Å². The van der Waals surface area contributed by atoms with E-state index in [0.29, 0.717) is 27.2 Å². The highest BCUT2D eigenvalue weighted by Crippen LogP contribution is 2.40. The first-order chi connectivity index (χ1) is 17.4. The molecule has 0 saturated carbocycles. The van der Waals surface area contributed by atoms with E-state index < -0.39 is 23.4 Å². The van der Waals surface area contributed by atoms with Crippen LogP contribution in [0.2, 0.25) is 5.02 Å². The summed E-state index contributed by atoms with van der Waals surface area (Å²) >= 11 is 6.14. The maximum atomic E-state index is 14.2. The second-order valence-electron chi connectivity index (χ2n) is 9.79. The fourth-order valence-electron chi connectivity index (χ4n) is 4.19. The number of alkyl halides is 3. The molecule has 0 aliphatic carbocycles. The van der Waals surface area contributed by atoms with Gasteiger partial charge in [0.15, 0.2) is 0 Å². The predicted molar refractivity (Wildman–Crippen MR) is 137 cm³/mol. The van der Waals surface area contributed by atoms with Crippen LogP contribution in [-0.4, -0.2) is 52.9 Å². The van der Waals surface area contributed by atoms with E-state index in [2.05, 4.69) is 10.3 Å². The van der Waals surface area contributed by atoms with Crippen molar-refractivity contribution < 1.29 is 27.8 Å². The Bertz CT molecular complexity index is 1300. The number of pyridine rings is 1. The summed E-state index contributed by atoms with van der Waals surface area (Å²) in [6, 6.07) is 9.04. The number of hydrogen-bond donors (Lipinski definition) is 2. The predicted octanol–water partition coefficient (Wildman–Crippen LogP) is 6.20. The first kappa shape index (κ1) is 26.8. The molecule has 198 valence electrons. The second kappa shape index (κ2) is 10.3. The maximum absolute atomic E-state index is 14.2. The van der Waals surface area contributed by atoms with Crippen molar-refractivity contribution >= 4 is 45.7 Å². The fraction of sp³-hybridized carbons (Fsp3) is 0.385. The maximum Gasteiger partial charge on any atom is 0.418 e. The van der Waals surface area contributed by atoms with Crippen molar-refractivity contribution in [3.8, 4) is 0 Å². The van der Waals surface area contributed by atoms with Crippen LogP contribution < -0.4 is 10.2 Å². The summed E-state index contributed by atoms with van der Waals surface area (Å²) in [6.45, 7) is 5.89. The van der Waals surface area contributed by atoms with Gasteiger partial charge in [-0.3, -0.25) is 4.98 Å². The number of aliphatic hydroxyl groups excluding tert-OH is 1. The van der Waals surface area contributed by atoms with Gasteiger partial charge in [0, 0.05) is 59.7 Å². The minimum Gasteiger partial charge on any atom is -0.444 e. The number of amides is 1. The van der Waals surface area contributed by atoms with Gasteiger partial charge in [-0.05, 0) is 57.2 Å². The molecule has 0 bridgehead atoms. The molecule has 0 atom stereocenters. The van der Waals surface area contributed by atoms with Gasteiger partial charge in [-0.2, -0.15) is 13.2 Å². The number of carbonyl (C=O) groups is 1. The number of piperazine rings is 1. The molecular formula is C26H28ClF3N4O3. The molecule has 37 heavy (non-hydrogen) atoms. The Morgan fingerprint density at radius 2 is 1.81 bits per heavy atom. The molecule has 3 aromatic rings. The van der Waals surface area contributed by atoms with Gasteiger partial charge in [0.05, 0.1) is 23.4 Å². The normalized spacial score (nSPS) is 14.7. The van der Waals surface area contributed by atoms with Crippen molar-refractivity contribution in [3.63, 3.8) is 0 Å². The molecule has 7 nitrogen and oxygen atoms in total. The molecule has 0 spiro atoms. The van der Waals surface area contributed by atoms with E-state index >= 15 is 0 Å². The number of nitrogens with zero attached hydrogens (tertiary/aromatic N) is 3. The summed E-state index contributed by atoms with van der Waals surface area (Å²) in [5, 5.41) is 13.9. The third-order valence-electron chi connectivity index (χ3n) is 5.92. The molecule has 1 aliphatic rings. The van der Waals surface area contributed by atoms with Crippen LogP contribution in [0, 0.1) is 0 Å². The van der Waals surface area contributed by atoms with Gasteiger partial charge in [0.1, 0.15) is 5.60 Å². The van der Waals surface area contributed by atoms with Crippen molar-refractivity contribution in [2.24, 2.45) is 0 Å². The Balaban J connectivity index is 1.61. The van der Waals surface area contributed by atoms with E-state index in [9.17, 15) is 23.1 Å². The molecule has 1 aromatic heterocycles. The number of halogens is 4. The largest absolute Gasteiger partial charge is 0.444 e. The summed E-state index contributed by atoms with van der Waals surface area (Å²) in [5.74, 6) is 0. The fourth-order valence-corrected chi connectivity index (χ4v) is 4.36. The van der Waals surface area contributed by atoms with Gasteiger partial charge in [-0.25, -0.2) is 4.79 Å². The average Bonchev–Trinajstić information content (AvgIpc) is 2.83. The molecule has 1 amide bonds. The van der Waals surface area contributed by atoms with Gasteiger partial charge in [-0.15, -0.1) is 0 Å². The molecule has 2 heterocycles. The third-order valence-corrected chi connectivity index (χ3v) is 6.16. The van der Waals surface area contributed by atoms with E-state index in [0.717, 1.165) is 6.07 Å². The number of aromatic nitrogens is 1. The molecule has 0 radical (unpaired) electrons. The smallest absolute Gasteiger partial charge is 0.418 e. The minimum atomic E-state index is -4.61. The lowest BCUT2D eigenvalue weighted by Gasteiger charge is -2.37. The van der Waals surface area contributed by atoms with Crippen LogP contribution in [-0.2, 0) is 17.5 Å². The average molecular weight is 537 g/mol. The quantitative estimate of drug-likeness (QED) is 0.413. The van der Waals surface area contributed by atoms with Crippen molar-refractivity contribution in [1.82, 2.24) is 9.88 Å². The van der Waals surface area contributed by atoms with Gasteiger partial charge in [0.25, 0.3) is 0 Å². The first-order valence-corrected chi connectivity index (χ1v) is 12.1. The zero-order chi connectivity index (χ0) is 27.0. The van der Waals surface area contributed by atoms with Crippen LogP contribution in [0.3, 0.4) is 0 Å². The summed E-state index contributed by atoms with van der Waals surface area (Å²) < 4.78 is 47.8. The SMILES string of the molecule is CC(C)(C)OC(=O)N1CCN(c2ccc(Nc3c(CO)cnc4ccc(Cl)cc34)cc2C(F)(F)F)CC1. The second-order valence-corrected chi connectivity index (χ2v) is 10.2. The molecule has 1 aliphatic heterocycles. The number of nitrogens with one attached hydrogen (secondary N) is 1. The van der Waals surface area contributed by atoms with E-state index in [1.807, 2.05) is 0 Å². The number of carbonyl (C=O) groups excluding carboxylic acids is 1. The number of hydrogen-bond acceptors (Lipinski definition) is 6. The van der Waals surface area contributed by atoms with Gasteiger partial charge >= 0.3 is 12.3 Å². The van der Waals surface area contributed by atoms with E-state index in [4.69, 9.17) is 16.3 Å². The minimum absolute atomic E-state index is 0.0342. The third kappa shape index (κ3) is 6.19. The van der Waals surface area contributed by atoms with Gasteiger partial charge in [0.2, 0.25) is 0 Å². The van der Waals surface area contributed by atoms with Crippen LogP contribution in [0.25, 0.3) is 10.9 Å². The summed E-state index contributed by atoms with van der Waals surface area (Å²) in [6.07, 6.45) is -3.62. The first-order valence-electron chi connectivity index (χ1n) is 11.7. The standard InChI is InChI=1S/C26H28ClF3N4O3/c1-25(2,3)37-24(36)34-10-8-33(9-11-34)22-7-5-18(13-20(22)26(28,29)30)32-23-16(15-35)14-31-21-6-4-17(27)12-19(21)23/h4-7,12-14,35H,8-11,15H2,1-3H3,(H,31,32). The Morgan fingerprint density at radius 3 is 2.43 bits per heavy atom. The monoisotopic (exact) mass is 536 g/mol. The highest BCUT2D eigenvalue weighted by molar-refractivity contribution is 6.31. The van der Waals surface area contributed by atoms with E-state index in [-0.39, 0.29) is 44.2 Å². The van der Waals surface area contributed by atoms with Crippen LogP contribution in [0.1, 0.15) is 31.9 Å². The Morgan fingerprint density at radius 1 is 1.11 bits per heavy atom. The van der Waals surface area contributed by atoms with Crippen molar-refractivity contribution in [2.45, 2.75) is 39.2 Å². The number of aliphatic hydroxyl groups is 1. The molecule has 2 aromatic carbocycles. The van der Waals surface area contributed by atoms with Gasteiger partial charge < -0.3 is 25.0 Å². The lowest BCUT2D eigenvalue weighted by Crippen LogP contribution is -2.50. The number of benzene rings is 2. The Kier molecular flexibility index (Phi) is 7.43. The highest BCUT2D eigenvalue weighted by atomic mass is 35.5.